The Hall–Kier alpha value is -3.57. The van der Waals surface area contributed by atoms with Crippen LogP contribution in [-0.2, 0) is 24.5 Å². The quantitative estimate of drug-likeness (QED) is 0.699. The number of nitrogen functional groups attached to an aromatic ring is 1. The van der Waals surface area contributed by atoms with Gasteiger partial charge in [0, 0.05) is 22.7 Å². The van der Waals surface area contributed by atoms with Crippen molar-refractivity contribution in [3.8, 4) is 6.07 Å². The van der Waals surface area contributed by atoms with Crippen molar-refractivity contribution in [2.45, 2.75) is 32.7 Å². The molecule has 2 N–H and O–H groups in total. The van der Waals surface area contributed by atoms with Gasteiger partial charge in [-0.15, -0.1) is 0 Å². The zero-order valence-corrected chi connectivity index (χ0v) is 16.4. The number of pyridine rings is 2. The third-order valence-electron chi connectivity index (χ3n) is 5.28. The van der Waals surface area contributed by atoms with Crippen molar-refractivity contribution in [1.29, 1.82) is 5.26 Å². The van der Waals surface area contributed by atoms with Gasteiger partial charge in [-0.25, -0.2) is 9.37 Å². The summed E-state index contributed by atoms with van der Waals surface area (Å²) in [7, 11) is 0. The number of alkyl halides is 1. The van der Waals surface area contributed by atoms with Crippen LogP contribution in [0.5, 0.6) is 0 Å². The standard InChI is InChI=1S/C22H20FN5O2/c1-13(7-23)28(10-16-4-2-14(8-24)9-26-16)22(29)15-3-5-20-17(6-15)18-11-30-12-19(18)21(25)27-20/h2-6,9,13H,7,10-12H2,1H3,(H2,25,27). The van der Waals surface area contributed by atoms with Crippen molar-refractivity contribution in [3.63, 3.8) is 0 Å². The van der Waals surface area contributed by atoms with Crippen molar-refractivity contribution in [2.75, 3.05) is 12.4 Å². The topological polar surface area (TPSA) is 105 Å². The average Bonchev–Trinajstić information content (AvgIpc) is 3.28. The molecule has 0 aliphatic carbocycles. The number of fused-ring (bicyclic) bond motifs is 3. The van der Waals surface area contributed by atoms with Crippen LogP contribution in [0.15, 0.2) is 36.5 Å². The van der Waals surface area contributed by atoms with Gasteiger partial charge in [0.15, 0.2) is 0 Å². The molecule has 1 amide bonds. The minimum Gasteiger partial charge on any atom is -0.383 e. The Kier molecular flexibility index (Phi) is 5.29. The summed E-state index contributed by atoms with van der Waals surface area (Å²) in [5.74, 6) is 0.131. The molecule has 4 rings (SSSR count). The van der Waals surface area contributed by atoms with Gasteiger partial charge in [-0.05, 0) is 42.8 Å². The average molecular weight is 405 g/mol. The first kappa shape index (κ1) is 19.7. The van der Waals surface area contributed by atoms with Crippen LogP contribution in [-0.4, -0.2) is 33.5 Å². The molecular weight excluding hydrogens is 385 g/mol. The number of nitrogens with two attached hydrogens (primary N) is 1. The van der Waals surface area contributed by atoms with E-state index in [9.17, 15) is 9.18 Å². The van der Waals surface area contributed by atoms with Gasteiger partial charge in [0.25, 0.3) is 5.91 Å². The largest absolute Gasteiger partial charge is 0.383 e. The lowest BCUT2D eigenvalue weighted by atomic mass is 10.0. The molecule has 1 aliphatic heterocycles. The Morgan fingerprint density at radius 1 is 1.33 bits per heavy atom. The zero-order chi connectivity index (χ0) is 21.3. The van der Waals surface area contributed by atoms with Crippen molar-refractivity contribution < 1.29 is 13.9 Å². The van der Waals surface area contributed by atoms with Crippen molar-refractivity contribution in [3.05, 3.63) is 64.5 Å². The van der Waals surface area contributed by atoms with E-state index < -0.39 is 12.7 Å². The molecule has 1 aromatic carbocycles. The molecule has 3 aromatic rings. The number of aromatic nitrogens is 2. The second-order valence-electron chi connectivity index (χ2n) is 7.27. The third-order valence-corrected chi connectivity index (χ3v) is 5.28. The van der Waals surface area contributed by atoms with Crippen LogP contribution in [0.4, 0.5) is 10.2 Å². The van der Waals surface area contributed by atoms with Crippen LogP contribution >= 0.6 is 0 Å². The van der Waals surface area contributed by atoms with Gasteiger partial charge in [0.1, 0.15) is 18.6 Å². The highest BCUT2D eigenvalue weighted by Crippen LogP contribution is 2.32. The molecule has 7 nitrogen and oxygen atoms in total. The molecule has 0 spiro atoms. The molecule has 152 valence electrons. The van der Waals surface area contributed by atoms with Crippen molar-refractivity contribution in [1.82, 2.24) is 14.9 Å². The molecule has 8 heteroatoms. The number of amides is 1. The number of nitriles is 1. The van der Waals surface area contributed by atoms with Crippen molar-refractivity contribution >= 4 is 22.6 Å². The second kappa shape index (κ2) is 8.05. The van der Waals surface area contributed by atoms with Gasteiger partial charge < -0.3 is 15.4 Å². The van der Waals surface area contributed by atoms with Crippen LogP contribution in [0.3, 0.4) is 0 Å². The van der Waals surface area contributed by atoms with Gasteiger partial charge in [-0.1, -0.05) is 0 Å². The fraction of sp³-hybridized carbons (Fsp3) is 0.273. The number of hydrogen-bond acceptors (Lipinski definition) is 6. The van der Waals surface area contributed by atoms with Crippen LogP contribution < -0.4 is 5.73 Å². The maximum absolute atomic E-state index is 13.5. The normalized spacial score (nSPS) is 13.6. The number of ether oxygens (including phenoxy) is 1. The van der Waals surface area contributed by atoms with E-state index in [1.54, 1.807) is 37.3 Å². The van der Waals surface area contributed by atoms with E-state index in [0.29, 0.717) is 41.4 Å². The number of rotatable bonds is 5. The Morgan fingerprint density at radius 3 is 2.83 bits per heavy atom. The minimum atomic E-state index is -0.684. The predicted octanol–water partition coefficient (Wildman–Crippen LogP) is 3.11. The van der Waals surface area contributed by atoms with Gasteiger partial charge in [-0.2, -0.15) is 5.26 Å². The predicted molar refractivity (Wildman–Crippen MR) is 109 cm³/mol. The van der Waals surface area contributed by atoms with E-state index in [0.717, 1.165) is 16.5 Å². The first-order valence-electron chi connectivity index (χ1n) is 9.52. The number of carbonyl (C=O) groups is 1. The SMILES string of the molecule is CC(CF)N(Cc1ccc(C#N)cn1)C(=O)c1ccc2nc(N)c3c(c2c1)COC3. The second-order valence-corrected chi connectivity index (χ2v) is 7.27. The van der Waals surface area contributed by atoms with Crippen LogP contribution in [0, 0.1) is 11.3 Å². The van der Waals surface area contributed by atoms with Crippen LogP contribution in [0.25, 0.3) is 10.9 Å². The Labute approximate surface area is 172 Å². The highest BCUT2D eigenvalue weighted by molar-refractivity contribution is 5.99. The monoisotopic (exact) mass is 405 g/mol. The highest BCUT2D eigenvalue weighted by Gasteiger charge is 2.24. The zero-order valence-electron chi connectivity index (χ0n) is 16.4. The number of nitrogens with zero attached hydrogens (tertiary/aromatic N) is 4. The molecule has 1 unspecified atom stereocenters. The summed E-state index contributed by atoms with van der Waals surface area (Å²) in [5.41, 5.74) is 9.91. The molecule has 0 radical (unpaired) electrons. The van der Waals surface area contributed by atoms with E-state index in [1.165, 1.54) is 11.1 Å². The first-order valence-corrected chi connectivity index (χ1v) is 9.52. The lowest BCUT2D eigenvalue weighted by molar-refractivity contribution is 0.0646. The summed E-state index contributed by atoms with van der Waals surface area (Å²) in [5, 5.41) is 9.73. The molecule has 0 saturated heterocycles. The van der Waals surface area contributed by atoms with E-state index >= 15 is 0 Å². The third kappa shape index (κ3) is 3.55. The molecule has 1 aliphatic rings. The Morgan fingerprint density at radius 2 is 2.13 bits per heavy atom. The fourth-order valence-electron chi connectivity index (χ4n) is 3.54. The fourth-order valence-corrected chi connectivity index (χ4v) is 3.54. The summed E-state index contributed by atoms with van der Waals surface area (Å²) in [4.78, 5) is 23.3. The molecule has 0 bridgehead atoms. The lowest BCUT2D eigenvalue weighted by Gasteiger charge is -2.27. The Bertz CT molecular complexity index is 1160. The highest BCUT2D eigenvalue weighted by atomic mass is 19.1. The number of hydrogen-bond donors (Lipinski definition) is 1. The van der Waals surface area contributed by atoms with Gasteiger partial charge >= 0.3 is 0 Å². The summed E-state index contributed by atoms with van der Waals surface area (Å²) in [6, 6.07) is 9.84. The molecule has 0 saturated carbocycles. The van der Waals surface area contributed by atoms with Crippen LogP contribution in [0.1, 0.15) is 39.7 Å². The lowest BCUT2D eigenvalue weighted by Crippen LogP contribution is -2.39. The van der Waals surface area contributed by atoms with Crippen LogP contribution in [0.2, 0.25) is 0 Å². The first-order chi connectivity index (χ1) is 14.5. The Balaban J connectivity index is 1.69. The van der Waals surface area contributed by atoms with Gasteiger partial charge in [-0.3, -0.25) is 9.78 Å². The maximum atomic E-state index is 13.5. The van der Waals surface area contributed by atoms with E-state index in [1.807, 2.05) is 6.07 Å². The molecule has 1 atom stereocenters. The summed E-state index contributed by atoms with van der Waals surface area (Å²) in [6.45, 7) is 1.91. The minimum absolute atomic E-state index is 0.134. The molecule has 30 heavy (non-hydrogen) atoms. The maximum Gasteiger partial charge on any atom is 0.254 e. The number of carbonyl (C=O) groups excluding carboxylic acids is 1. The smallest absolute Gasteiger partial charge is 0.254 e. The van der Waals surface area contributed by atoms with Crippen molar-refractivity contribution in [2.24, 2.45) is 0 Å². The summed E-state index contributed by atoms with van der Waals surface area (Å²) in [6.07, 6.45) is 1.44. The molecule has 2 aromatic heterocycles. The molecular formula is C22H20FN5O2. The van der Waals surface area contributed by atoms with E-state index in [4.69, 9.17) is 15.7 Å². The molecule has 0 fully saturated rings. The van der Waals surface area contributed by atoms with Gasteiger partial charge in [0.2, 0.25) is 0 Å². The van der Waals surface area contributed by atoms with E-state index in [-0.39, 0.29) is 12.5 Å². The molecule has 3 heterocycles. The summed E-state index contributed by atoms with van der Waals surface area (Å²) < 4.78 is 19.0. The number of benzene rings is 1. The number of anilines is 1. The summed E-state index contributed by atoms with van der Waals surface area (Å²) >= 11 is 0. The number of halogens is 1. The van der Waals surface area contributed by atoms with E-state index in [2.05, 4.69) is 9.97 Å². The van der Waals surface area contributed by atoms with Gasteiger partial charge in [0.05, 0.1) is 42.6 Å².